The average Bonchev–Trinajstić information content (AvgIpc) is 3.51. The van der Waals surface area contributed by atoms with Crippen molar-refractivity contribution < 1.29 is 78.3 Å². The first-order valence-corrected chi connectivity index (χ1v) is 25.2. The molecule has 406 valence electrons. The summed E-state index contributed by atoms with van der Waals surface area (Å²) in [6.07, 6.45) is -19.9. The van der Waals surface area contributed by atoms with Crippen molar-refractivity contribution in [1.82, 2.24) is 26.2 Å². The van der Waals surface area contributed by atoms with E-state index >= 15 is 0 Å². The largest absolute Gasteiger partial charge is 0.394 e. The van der Waals surface area contributed by atoms with Crippen LogP contribution in [0.3, 0.4) is 0 Å². The van der Waals surface area contributed by atoms with Crippen molar-refractivity contribution >= 4 is 29.5 Å². The summed E-state index contributed by atoms with van der Waals surface area (Å²) in [6, 6.07) is 34.3. The van der Waals surface area contributed by atoms with Gasteiger partial charge in [0.1, 0.15) is 54.9 Å². The third kappa shape index (κ3) is 12.3. The monoisotopic (exact) mass is 1060 g/mol. The van der Waals surface area contributed by atoms with Crippen molar-refractivity contribution in [2.45, 2.75) is 117 Å². The van der Waals surface area contributed by atoms with Crippen molar-refractivity contribution in [3.05, 3.63) is 179 Å². The van der Waals surface area contributed by atoms with Gasteiger partial charge in [0.25, 0.3) is 29.5 Å². The number of benzene rings is 5. The number of rotatable bonds is 15. The molecule has 21 heteroatoms. The van der Waals surface area contributed by atoms with Crippen molar-refractivity contribution in [2.24, 2.45) is 0 Å². The minimum Gasteiger partial charge on any atom is -0.394 e. The standard InChI is InChI=1S/C56H61N5O16/c1-61(53(72)34-25-15-6-16-26-34)41-44(65)48-38(73-55(41)77-56-46(67)43(64)40(39(29-62)74-56)60-52(71)33-23-13-5-14-24-33)28-37(59-51(70)32-21-11-4-12-22-32)54(76-48)75-47-36(58-50(69)31-19-9-3-10-20-31)27-35(42(63)45(47)66)57-49(68)30-17-7-2-8-18-30/h2-26,35-48,54-56,62-67H,27-29H2,1H3,(H,57,68)(H,58,69)(H,59,70)(H,60,71)/t35-,36+,37-,38+,39-,40-,41+,42+,43+,44-,45-,46-,47-,48+,54+,55-,56-/m1/s1. The number of hydrogen-bond acceptors (Lipinski definition) is 16. The molecule has 10 N–H and O–H groups in total. The Bertz CT molecular complexity index is 2790. The highest BCUT2D eigenvalue weighted by molar-refractivity contribution is 5.96. The minimum atomic E-state index is -1.91. The smallest absolute Gasteiger partial charge is 0.254 e. The SMILES string of the molecule is CN(C(=O)c1ccccc1)[C@@H]1[C@@H](O[C@H]2O[C@H](CO)[C@@H](NC(=O)c3ccccc3)[C@H](O)[C@H]2O)O[C@H]2C[C@@H](NC(=O)c3ccccc3)[C@@H](O[C@H]3[C@H](O)[C@@H](O)[C@H](NC(=O)c4ccccc4)C[C@@H]3NC(=O)c3ccccc3)O[C@@H]2[C@@H]1O. The van der Waals surface area contributed by atoms with Crippen LogP contribution in [0.15, 0.2) is 152 Å². The van der Waals surface area contributed by atoms with Gasteiger partial charge in [0.15, 0.2) is 18.9 Å². The van der Waals surface area contributed by atoms with Crippen LogP contribution in [0.25, 0.3) is 0 Å². The predicted molar refractivity (Wildman–Crippen MR) is 271 cm³/mol. The molecule has 77 heavy (non-hydrogen) atoms. The number of carbonyl (C=O) groups is 5. The van der Waals surface area contributed by atoms with Crippen LogP contribution in [0, 0.1) is 0 Å². The Kier molecular flexibility index (Phi) is 17.5. The lowest BCUT2D eigenvalue weighted by molar-refractivity contribution is -0.379. The molecule has 3 heterocycles. The van der Waals surface area contributed by atoms with E-state index in [0.717, 1.165) is 4.90 Å². The van der Waals surface area contributed by atoms with Gasteiger partial charge in [-0.2, -0.15) is 0 Å². The molecule has 4 aliphatic rings. The Labute approximate surface area is 442 Å². The third-order valence-corrected chi connectivity index (χ3v) is 14.4. The molecule has 3 aliphatic heterocycles. The maximum atomic E-state index is 14.3. The van der Waals surface area contributed by atoms with Gasteiger partial charge in [-0.25, -0.2) is 0 Å². The average molecular weight is 1060 g/mol. The Hall–Kier alpha value is -6.99. The van der Waals surface area contributed by atoms with E-state index in [2.05, 4.69) is 21.3 Å². The van der Waals surface area contributed by atoms with Gasteiger partial charge in [0.2, 0.25) is 0 Å². The molecule has 0 aromatic heterocycles. The molecule has 21 nitrogen and oxygen atoms in total. The number of fused-ring (bicyclic) bond motifs is 1. The van der Waals surface area contributed by atoms with E-state index in [-0.39, 0.29) is 40.7 Å². The third-order valence-electron chi connectivity index (χ3n) is 14.4. The van der Waals surface area contributed by atoms with Crippen LogP contribution in [0.2, 0.25) is 0 Å². The molecule has 1 aliphatic carbocycles. The maximum absolute atomic E-state index is 14.3. The van der Waals surface area contributed by atoms with Crippen molar-refractivity contribution in [3.8, 4) is 0 Å². The van der Waals surface area contributed by atoms with Crippen LogP contribution in [0.5, 0.6) is 0 Å². The zero-order valence-corrected chi connectivity index (χ0v) is 41.6. The van der Waals surface area contributed by atoms with Crippen LogP contribution < -0.4 is 21.3 Å². The molecule has 1 saturated carbocycles. The molecule has 17 atom stereocenters. The zero-order valence-electron chi connectivity index (χ0n) is 41.6. The molecule has 5 aromatic rings. The molecular weight excluding hydrogens is 999 g/mol. The first-order valence-electron chi connectivity index (χ1n) is 25.2. The highest BCUT2D eigenvalue weighted by Crippen LogP contribution is 2.38. The van der Waals surface area contributed by atoms with E-state index in [1.165, 1.54) is 19.2 Å². The van der Waals surface area contributed by atoms with Crippen LogP contribution in [0.1, 0.15) is 64.6 Å². The fourth-order valence-corrected chi connectivity index (χ4v) is 10.3. The molecule has 3 saturated heterocycles. The van der Waals surface area contributed by atoms with Crippen LogP contribution in [-0.4, -0.2) is 183 Å². The number of ether oxygens (including phenoxy) is 5. The van der Waals surface area contributed by atoms with Crippen LogP contribution in [0.4, 0.5) is 0 Å². The van der Waals surface area contributed by atoms with E-state index in [1.807, 2.05) is 0 Å². The number of amides is 5. The van der Waals surface area contributed by atoms with Crippen LogP contribution in [-0.2, 0) is 23.7 Å². The second-order valence-corrected chi connectivity index (χ2v) is 19.4. The molecule has 4 fully saturated rings. The molecule has 9 rings (SSSR count). The predicted octanol–water partition coefficient (Wildman–Crippen LogP) is 0.489. The second-order valence-electron chi connectivity index (χ2n) is 19.4. The summed E-state index contributed by atoms with van der Waals surface area (Å²) in [5.74, 6) is -2.97. The van der Waals surface area contributed by atoms with E-state index in [0.29, 0.717) is 0 Å². The number of aliphatic hydroxyl groups excluding tert-OH is 6. The lowest BCUT2D eigenvalue weighted by Crippen LogP contribution is -2.71. The van der Waals surface area contributed by atoms with E-state index in [1.54, 1.807) is 140 Å². The highest BCUT2D eigenvalue weighted by Gasteiger charge is 2.57. The number of likely N-dealkylation sites (N-methyl/N-ethyl adjacent to an activating group) is 1. The highest BCUT2D eigenvalue weighted by atomic mass is 16.8. The summed E-state index contributed by atoms with van der Waals surface area (Å²) in [6.45, 7) is -0.761. The van der Waals surface area contributed by atoms with Crippen molar-refractivity contribution in [2.75, 3.05) is 13.7 Å². The number of nitrogens with zero attached hydrogens (tertiary/aromatic N) is 1. The Balaban J connectivity index is 1.02. The summed E-state index contributed by atoms with van der Waals surface area (Å²) >= 11 is 0. The normalized spacial score (nSPS) is 31.9. The Morgan fingerprint density at radius 3 is 1.43 bits per heavy atom. The molecule has 0 bridgehead atoms. The van der Waals surface area contributed by atoms with Gasteiger partial charge < -0.3 is 80.5 Å². The van der Waals surface area contributed by atoms with E-state index in [4.69, 9.17) is 23.7 Å². The first-order chi connectivity index (χ1) is 37.2. The fraction of sp³-hybridized carbons (Fsp3) is 0.375. The van der Waals surface area contributed by atoms with E-state index < -0.39 is 140 Å². The quantitative estimate of drug-likeness (QED) is 0.0683. The van der Waals surface area contributed by atoms with Crippen molar-refractivity contribution in [1.29, 1.82) is 0 Å². The molecular formula is C56H61N5O16. The van der Waals surface area contributed by atoms with Crippen molar-refractivity contribution in [3.63, 3.8) is 0 Å². The zero-order chi connectivity index (χ0) is 54.3. The summed E-state index contributed by atoms with van der Waals surface area (Å²) in [7, 11) is 1.37. The summed E-state index contributed by atoms with van der Waals surface area (Å²) in [5.41, 5.74) is 1.20. The van der Waals surface area contributed by atoms with E-state index in [9.17, 15) is 54.6 Å². The lowest BCUT2D eigenvalue weighted by atomic mass is 9.83. The molecule has 5 aromatic carbocycles. The molecule has 5 amide bonds. The molecule has 0 radical (unpaired) electrons. The topological polar surface area (TPSA) is 304 Å². The number of hydrogen-bond donors (Lipinski definition) is 10. The second kappa shape index (κ2) is 24.6. The van der Waals surface area contributed by atoms with Gasteiger partial charge in [-0.1, -0.05) is 91.0 Å². The van der Waals surface area contributed by atoms with Gasteiger partial charge in [0.05, 0.1) is 36.9 Å². The van der Waals surface area contributed by atoms with Gasteiger partial charge in [-0.3, -0.25) is 24.0 Å². The molecule has 0 spiro atoms. The van der Waals surface area contributed by atoms with Gasteiger partial charge in [-0.15, -0.1) is 0 Å². The van der Waals surface area contributed by atoms with Gasteiger partial charge >= 0.3 is 0 Å². The van der Waals surface area contributed by atoms with Crippen LogP contribution >= 0.6 is 0 Å². The lowest BCUT2D eigenvalue weighted by Gasteiger charge is -2.53. The summed E-state index contributed by atoms with van der Waals surface area (Å²) in [4.78, 5) is 69.9. The number of nitrogens with one attached hydrogen (secondary N) is 4. The summed E-state index contributed by atoms with van der Waals surface area (Å²) < 4.78 is 32.2. The van der Waals surface area contributed by atoms with Gasteiger partial charge in [-0.05, 0) is 67.1 Å². The molecule has 0 unspecified atom stereocenters. The summed E-state index contributed by atoms with van der Waals surface area (Å²) in [5, 5.41) is 81.1. The number of aliphatic hydroxyl groups is 6. The Morgan fingerprint density at radius 2 is 0.935 bits per heavy atom. The minimum absolute atomic E-state index is 0.167. The fourth-order valence-electron chi connectivity index (χ4n) is 10.3. The number of carbonyl (C=O) groups excluding carboxylic acids is 5. The Morgan fingerprint density at radius 1 is 0.481 bits per heavy atom. The first kappa shape index (κ1) is 54.8. The maximum Gasteiger partial charge on any atom is 0.254 e. The van der Waals surface area contributed by atoms with Gasteiger partial charge in [0, 0.05) is 41.3 Å².